The highest BCUT2D eigenvalue weighted by molar-refractivity contribution is 9.11. The molecule has 1 unspecified atom stereocenters. The summed E-state index contributed by atoms with van der Waals surface area (Å²) in [6.45, 7) is 0. The molecule has 2 rings (SSSR count). The van der Waals surface area contributed by atoms with Crippen molar-refractivity contribution in [2.24, 2.45) is 5.73 Å². The van der Waals surface area contributed by atoms with Crippen LogP contribution in [0.2, 0.25) is 0 Å². The first-order chi connectivity index (χ1) is 6.54. The number of nitrogens with two attached hydrogens (primary N) is 1. The first kappa shape index (κ1) is 10.0. The minimum absolute atomic E-state index is 0.0282. The lowest BCUT2D eigenvalue weighted by Gasteiger charge is -2.47. The van der Waals surface area contributed by atoms with Crippen LogP contribution in [0.25, 0.3) is 0 Å². The highest BCUT2D eigenvalue weighted by atomic mass is 79.9. The van der Waals surface area contributed by atoms with E-state index in [-0.39, 0.29) is 17.0 Å². The Bertz CT molecular complexity index is 357. The monoisotopic (exact) mass is 278 g/mol. The summed E-state index contributed by atoms with van der Waals surface area (Å²) in [4.78, 5) is 23.4. The van der Waals surface area contributed by atoms with Crippen molar-refractivity contribution >= 4 is 39.6 Å². The van der Waals surface area contributed by atoms with Crippen LogP contribution in [0.3, 0.4) is 0 Å². The third kappa shape index (κ3) is 1.19. The van der Waals surface area contributed by atoms with Gasteiger partial charge in [0.05, 0.1) is 0 Å². The summed E-state index contributed by atoms with van der Waals surface area (Å²) >= 11 is 4.61. The molecule has 0 spiro atoms. The molecule has 0 aliphatic carbocycles. The van der Waals surface area contributed by atoms with Crippen molar-refractivity contribution in [1.29, 1.82) is 0 Å². The second-order valence-electron chi connectivity index (χ2n) is 2.99. The standard InChI is InChI=1S/C7H7BrN2O3S/c8-2-1-14-6-3(9)5(11)10(6)4(2)7(12)13/h3,6H,1,9H2,(H,12,13)/t3?,6-/m0/s1. The first-order valence-electron chi connectivity index (χ1n) is 3.86. The number of carboxylic acid groups (broad SMARTS) is 1. The predicted molar refractivity (Wildman–Crippen MR) is 54.7 cm³/mol. The zero-order valence-electron chi connectivity index (χ0n) is 6.94. The van der Waals surface area contributed by atoms with E-state index in [0.29, 0.717) is 10.2 Å². The van der Waals surface area contributed by atoms with Gasteiger partial charge in [-0.3, -0.25) is 9.69 Å². The van der Waals surface area contributed by atoms with Crippen LogP contribution in [0.15, 0.2) is 10.2 Å². The summed E-state index contributed by atoms with van der Waals surface area (Å²) in [7, 11) is 0. The number of β-lactam (4-membered cyclic amide) rings is 1. The largest absolute Gasteiger partial charge is 0.477 e. The molecule has 14 heavy (non-hydrogen) atoms. The number of carboxylic acids is 1. The van der Waals surface area contributed by atoms with E-state index >= 15 is 0 Å². The molecule has 0 bridgehead atoms. The molecule has 1 saturated heterocycles. The van der Waals surface area contributed by atoms with Crippen LogP contribution < -0.4 is 5.73 Å². The number of rotatable bonds is 1. The molecule has 2 atom stereocenters. The minimum atomic E-state index is -1.09. The van der Waals surface area contributed by atoms with E-state index in [2.05, 4.69) is 15.9 Å². The number of nitrogens with zero attached hydrogens (tertiary/aromatic N) is 1. The molecule has 0 saturated carbocycles. The van der Waals surface area contributed by atoms with Crippen LogP contribution in [0.1, 0.15) is 0 Å². The van der Waals surface area contributed by atoms with Gasteiger partial charge in [-0.25, -0.2) is 4.79 Å². The Morgan fingerprint density at radius 1 is 1.71 bits per heavy atom. The van der Waals surface area contributed by atoms with Crippen LogP contribution in [-0.4, -0.2) is 39.1 Å². The maximum absolute atomic E-state index is 11.3. The average Bonchev–Trinajstić information content (AvgIpc) is 2.15. The van der Waals surface area contributed by atoms with Crippen LogP contribution in [0, 0.1) is 0 Å². The number of aliphatic carboxylic acids is 1. The molecular weight excluding hydrogens is 272 g/mol. The molecular formula is C7H7BrN2O3S. The zero-order valence-corrected chi connectivity index (χ0v) is 9.34. The molecule has 5 nitrogen and oxygen atoms in total. The Kier molecular flexibility index (Phi) is 2.32. The van der Waals surface area contributed by atoms with Crippen LogP contribution in [-0.2, 0) is 9.59 Å². The first-order valence-corrected chi connectivity index (χ1v) is 5.70. The summed E-state index contributed by atoms with van der Waals surface area (Å²) in [5.41, 5.74) is 5.57. The average molecular weight is 279 g/mol. The van der Waals surface area contributed by atoms with E-state index in [1.54, 1.807) is 0 Å². The third-order valence-corrected chi connectivity index (χ3v) is 4.49. The van der Waals surface area contributed by atoms with Crippen LogP contribution in [0.5, 0.6) is 0 Å². The fraction of sp³-hybridized carbons (Fsp3) is 0.429. The van der Waals surface area contributed by atoms with E-state index in [1.165, 1.54) is 16.7 Å². The van der Waals surface area contributed by atoms with Crippen molar-refractivity contribution in [2.45, 2.75) is 11.4 Å². The number of hydrogen-bond donors (Lipinski definition) is 2. The molecule has 76 valence electrons. The second-order valence-corrected chi connectivity index (χ2v) is 5.06. The summed E-state index contributed by atoms with van der Waals surface area (Å²) < 4.78 is 0.534. The van der Waals surface area contributed by atoms with Gasteiger partial charge in [-0.15, -0.1) is 11.8 Å². The molecule has 0 radical (unpaired) electrons. The lowest BCUT2D eigenvalue weighted by Crippen LogP contribution is -2.68. The molecule has 3 N–H and O–H groups in total. The number of amides is 1. The summed E-state index contributed by atoms with van der Waals surface area (Å²) in [5, 5.41) is 8.69. The van der Waals surface area contributed by atoms with Crippen molar-refractivity contribution in [3.8, 4) is 0 Å². The third-order valence-electron chi connectivity index (χ3n) is 2.17. The maximum Gasteiger partial charge on any atom is 0.353 e. The highest BCUT2D eigenvalue weighted by Crippen LogP contribution is 2.40. The van der Waals surface area contributed by atoms with Crippen molar-refractivity contribution in [3.63, 3.8) is 0 Å². The van der Waals surface area contributed by atoms with Gasteiger partial charge in [-0.1, -0.05) is 15.9 Å². The number of carbonyl (C=O) groups is 2. The lowest BCUT2D eigenvalue weighted by molar-refractivity contribution is -0.147. The normalized spacial score (nSPS) is 31.3. The van der Waals surface area contributed by atoms with Crippen molar-refractivity contribution in [3.05, 3.63) is 10.2 Å². The molecule has 1 fully saturated rings. The fourth-order valence-corrected chi connectivity index (χ4v) is 3.37. The van der Waals surface area contributed by atoms with E-state index in [4.69, 9.17) is 10.8 Å². The molecule has 1 amide bonds. The topological polar surface area (TPSA) is 83.6 Å². The number of hydrogen-bond acceptors (Lipinski definition) is 4. The Morgan fingerprint density at radius 2 is 2.36 bits per heavy atom. The van der Waals surface area contributed by atoms with E-state index in [0.717, 1.165) is 0 Å². The van der Waals surface area contributed by atoms with Gasteiger partial charge in [0.1, 0.15) is 17.1 Å². The number of fused-ring (bicyclic) bond motifs is 1. The number of halogens is 1. The van der Waals surface area contributed by atoms with Gasteiger partial charge < -0.3 is 10.8 Å². The minimum Gasteiger partial charge on any atom is -0.477 e. The van der Waals surface area contributed by atoms with Crippen LogP contribution >= 0.6 is 27.7 Å². The molecule has 0 aromatic rings. The predicted octanol–water partition coefficient (Wildman–Crippen LogP) is -0.0801. The van der Waals surface area contributed by atoms with Gasteiger partial charge in [-0.05, 0) is 0 Å². The van der Waals surface area contributed by atoms with E-state index in [9.17, 15) is 9.59 Å². The van der Waals surface area contributed by atoms with Gasteiger partial charge in [0.15, 0.2) is 0 Å². The maximum atomic E-state index is 11.3. The van der Waals surface area contributed by atoms with Crippen LogP contribution in [0.4, 0.5) is 0 Å². The van der Waals surface area contributed by atoms with E-state index < -0.39 is 12.0 Å². The van der Waals surface area contributed by atoms with Gasteiger partial charge in [0, 0.05) is 10.2 Å². The Balaban J connectivity index is 2.37. The number of carbonyl (C=O) groups excluding carboxylic acids is 1. The SMILES string of the molecule is NC1C(=O)N2C(C(=O)O)=C(Br)CS[C@@H]12. The smallest absolute Gasteiger partial charge is 0.353 e. The van der Waals surface area contributed by atoms with Gasteiger partial charge in [0.2, 0.25) is 5.91 Å². The molecule has 0 aromatic heterocycles. The molecule has 2 heterocycles. The lowest BCUT2D eigenvalue weighted by atomic mass is 10.1. The number of thioether (sulfide) groups is 1. The Hall–Kier alpha value is -0.530. The zero-order chi connectivity index (χ0) is 10.5. The van der Waals surface area contributed by atoms with Crippen molar-refractivity contribution in [1.82, 2.24) is 4.90 Å². The van der Waals surface area contributed by atoms with Gasteiger partial charge in [0.25, 0.3) is 0 Å². The summed E-state index contributed by atoms with van der Waals surface area (Å²) in [5.74, 6) is -0.872. The Labute approximate surface area is 92.4 Å². The highest BCUT2D eigenvalue weighted by Gasteiger charge is 2.51. The second kappa shape index (κ2) is 3.25. The van der Waals surface area contributed by atoms with E-state index in [1.807, 2.05) is 0 Å². The summed E-state index contributed by atoms with van der Waals surface area (Å²) in [6.07, 6.45) is 0. The van der Waals surface area contributed by atoms with Gasteiger partial charge in [-0.2, -0.15) is 0 Å². The van der Waals surface area contributed by atoms with Gasteiger partial charge >= 0.3 is 5.97 Å². The Morgan fingerprint density at radius 3 is 2.93 bits per heavy atom. The quantitative estimate of drug-likeness (QED) is 0.656. The van der Waals surface area contributed by atoms with Crippen molar-refractivity contribution < 1.29 is 14.7 Å². The molecule has 2 aliphatic rings. The molecule has 0 aromatic carbocycles. The fourth-order valence-electron chi connectivity index (χ4n) is 1.48. The molecule has 2 aliphatic heterocycles. The van der Waals surface area contributed by atoms with Crippen molar-refractivity contribution in [2.75, 3.05) is 5.75 Å². The molecule has 7 heteroatoms. The summed E-state index contributed by atoms with van der Waals surface area (Å²) in [6, 6.07) is -0.560.